The highest BCUT2D eigenvalue weighted by Crippen LogP contribution is 2.30. The Hall–Kier alpha value is -1.96. The molecule has 22 heavy (non-hydrogen) atoms. The Kier molecular flexibility index (Phi) is 4.50. The number of anilines is 1. The fourth-order valence-corrected chi connectivity index (χ4v) is 2.35. The third kappa shape index (κ3) is 3.27. The van der Waals surface area contributed by atoms with Crippen molar-refractivity contribution in [3.8, 4) is 0 Å². The molecule has 8 heteroatoms. The monoisotopic (exact) mass is 315 g/mol. The minimum atomic E-state index is -4.56. The van der Waals surface area contributed by atoms with Gasteiger partial charge in [-0.25, -0.2) is 0 Å². The van der Waals surface area contributed by atoms with Gasteiger partial charge in [0.05, 0.1) is 12.0 Å². The van der Waals surface area contributed by atoms with E-state index in [9.17, 15) is 18.0 Å². The van der Waals surface area contributed by atoms with Crippen LogP contribution in [-0.2, 0) is 15.7 Å². The molecular weight excluding hydrogens is 299 g/mol. The average molecular weight is 315 g/mol. The highest BCUT2D eigenvalue weighted by atomic mass is 19.4. The van der Waals surface area contributed by atoms with Crippen LogP contribution in [0.3, 0.4) is 0 Å². The Morgan fingerprint density at radius 2 is 2.09 bits per heavy atom. The van der Waals surface area contributed by atoms with Crippen molar-refractivity contribution in [3.05, 3.63) is 30.0 Å². The summed E-state index contributed by atoms with van der Waals surface area (Å²) >= 11 is 0. The predicted octanol–water partition coefficient (Wildman–Crippen LogP) is 2.44. The molecule has 0 bridgehead atoms. The van der Waals surface area contributed by atoms with Crippen LogP contribution in [0.5, 0.6) is 0 Å². The first-order valence-electron chi connectivity index (χ1n) is 6.67. The van der Waals surface area contributed by atoms with Crippen molar-refractivity contribution in [1.82, 2.24) is 10.2 Å². The molecular formula is C14H16F3N3O2. The highest BCUT2D eigenvalue weighted by molar-refractivity contribution is 5.94. The van der Waals surface area contributed by atoms with Gasteiger partial charge in [0.15, 0.2) is 11.5 Å². The van der Waals surface area contributed by atoms with Gasteiger partial charge in [0.25, 0.3) is 0 Å². The van der Waals surface area contributed by atoms with E-state index in [4.69, 9.17) is 4.74 Å². The van der Waals surface area contributed by atoms with E-state index < -0.39 is 17.8 Å². The summed E-state index contributed by atoms with van der Waals surface area (Å²) in [5.74, 6) is -0.628. The molecule has 1 fully saturated rings. The second-order valence-corrected chi connectivity index (χ2v) is 5.20. The van der Waals surface area contributed by atoms with E-state index in [1.54, 1.807) is 6.92 Å². The molecule has 1 aliphatic rings. The minimum Gasteiger partial charge on any atom is -0.373 e. The highest BCUT2D eigenvalue weighted by Gasteiger charge is 2.37. The minimum absolute atomic E-state index is 0.0605. The molecule has 0 unspecified atom stereocenters. The first-order chi connectivity index (χ1) is 10.2. The summed E-state index contributed by atoms with van der Waals surface area (Å²) in [7, 11) is 1.45. The van der Waals surface area contributed by atoms with Crippen molar-refractivity contribution >= 4 is 11.7 Å². The maximum Gasteiger partial charge on any atom is 0.435 e. The molecule has 0 saturated carbocycles. The van der Waals surface area contributed by atoms with Crippen LogP contribution in [0.1, 0.15) is 19.0 Å². The van der Waals surface area contributed by atoms with Crippen LogP contribution in [0.15, 0.2) is 24.3 Å². The zero-order valence-electron chi connectivity index (χ0n) is 12.2. The largest absolute Gasteiger partial charge is 0.435 e. The molecule has 5 nitrogen and oxygen atoms in total. The number of alkyl halides is 3. The third-order valence-corrected chi connectivity index (χ3v) is 3.51. The molecule has 0 spiro atoms. The van der Waals surface area contributed by atoms with E-state index in [0.29, 0.717) is 13.0 Å². The van der Waals surface area contributed by atoms with E-state index in [1.165, 1.54) is 11.9 Å². The quantitative estimate of drug-likeness (QED) is 0.804. The SMILES string of the molecule is C=C(C)[C@H]1OCC[C@H]1C(=O)N(C)c1ccc(C(F)(F)F)nn1. The molecule has 2 heterocycles. The van der Waals surface area contributed by atoms with Gasteiger partial charge in [-0.05, 0) is 25.5 Å². The number of halogens is 3. The second kappa shape index (κ2) is 6.04. The van der Waals surface area contributed by atoms with Gasteiger partial charge in [-0.1, -0.05) is 12.2 Å². The fourth-order valence-electron chi connectivity index (χ4n) is 2.35. The zero-order chi connectivity index (χ0) is 16.5. The first-order valence-corrected chi connectivity index (χ1v) is 6.67. The van der Waals surface area contributed by atoms with Crippen LogP contribution < -0.4 is 4.90 Å². The molecule has 2 atom stereocenters. The number of nitrogens with zero attached hydrogens (tertiary/aromatic N) is 3. The maximum absolute atomic E-state index is 12.5. The van der Waals surface area contributed by atoms with Crippen molar-refractivity contribution in [2.45, 2.75) is 25.6 Å². The van der Waals surface area contributed by atoms with Gasteiger partial charge < -0.3 is 4.74 Å². The number of hydrogen-bond donors (Lipinski definition) is 0. The van der Waals surface area contributed by atoms with Gasteiger partial charge >= 0.3 is 6.18 Å². The second-order valence-electron chi connectivity index (χ2n) is 5.20. The lowest BCUT2D eigenvalue weighted by atomic mass is 9.95. The van der Waals surface area contributed by atoms with E-state index in [1.807, 2.05) is 0 Å². The van der Waals surface area contributed by atoms with Crippen LogP contribution in [0.2, 0.25) is 0 Å². The number of aromatic nitrogens is 2. The van der Waals surface area contributed by atoms with Gasteiger partial charge in [0.1, 0.15) is 0 Å². The smallest absolute Gasteiger partial charge is 0.373 e. The number of ether oxygens (including phenoxy) is 1. The Labute approximate surface area is 125 Å². The van der Waals surface area contributed by atoms with Crippen LogP contribution in [0, 0.1) is 5.92 Å². The van der Waals surface area contributed by atoms with E-state index in [-0.39, 0.29) is 17.8 Å². The molecule has 0 radical (unpaired) electrons. The average Bonchev–Trinajstić information content (AvgIpc) is 2.94. The van der Waals surface area contributed by atoms with Crippen LogP contribution in [0.25, 0.3) is 0 Å². The van der Waals surface area contributed by atoms with Gasteiger partial charge in [0.2, 0.25) is 5.91 Å². The fraction of sp³-hybridized carbons (Fsp3) is 0.500. The molecule has 1 aromatic heterocycles. The summed E-state index contributed by atoms with van der Waals surface area (Å²) in [5.41, 5.74) is -0.358. The topological polar surface area (TPSA) is 55.3 Å². The number of rotatable bonds is 3. The lowest BCUT2D eigenvalue weighted by Gasteiger charge is -2.23. The first kappa shape index (κ1) is 16.4. The Morgan fingerprint density at radius 3 is 2.59 bits per heavy atom. The molecule has 1 aliphatic heterocycles. The van der Waals surface area contributed by atoms with Crippen LogP contribution >= 0.6 is 0 Å². The zero-order valence-corrected chi connectivity index (χ0v) is 12.2. The molecule has 1 saturated heterocycles. The lowest BCUT2D eigenvalue weighted by molar-refractivity contribution is -0.141. The summed E-state index contributed by atoms with van der Waals surface area (Å²) in [4.78, 5) is 13.7. The molecule has 120 valence electrons. The summed E-state index contributed by atoms with van der Waals surface area (Å²) in [6, 6.07) is 1.92. The summed E-state index contributed by atoms with van der Waals surface area (Å²) < 4.78 is 42.8. The van der Waals surface area contributed by atoms with Crippen LogP contribution in [0.4, 0.5) is 19.0 Å². The Bertz CT molecular complexity index is 572. The van der Waals surface area contributed by atoms with Crippen molar-refractivity contribution < 1.29 is 22.7 Å². The van der Waals surface area contributed by atoms with Crippen LogP contribution in [-0.4, -0.2) is 35.9 Å². The summed E-state index contributed by atoms with van der Waals surface area (Å²) in [6.07, 6.45) is -4.40. The number of hydrogen-bond acceptors (Lipinski definition) is 4. The Balaban J connectivity index is 2.15. The van der Waals surface area contributed by atoms with Gasteiger partial charge in [-0.15, -0.1) is 10.2 Å². The van der Waals surface area contributed by atoms with E-state index in [2.05, 4.69) is 16.8 Å². The summed E-state index contributed by atoms with van der Waals surface area (Å²) in [6.45, 7) is 6.01. The van der Waals surface area contributed by atoms with E-state index >= 15 is 0 Å². The van der Waals surface area contributed by atoms with Gasteiger partial charge in [0, 0.05) is 13.7 Å². The maximum atomic E-state index is 12.5. The van der Waals surface area contributed by atoms with Gasteiger partial charge in [-0.3, -0.25) is 9.69 Å². The number of carbonyl (C=O) groups is 1. The molecule has 0 aromatic carbocycles. The van der Waals surface area contributed by atoms with E-state index in [0.717, 1.165) is 17.7 Å². The Morgan fingerprint density at radius 1 is 1.41 bits per heavy atom. The predicted molar refractivity (Wildman–Crippen MR) is 73.1 cm³/mol. The van der Waals surface area contributed by atoms with Crippen molar-refractivity contribution in [1.29, 1.82) is 0 Å². The van der Waals surface area contributed by atoms with Crippen molar-refractivity contribution in [3.63, 3.8) is 0 Å². The molecule has 1 aromatic rings. The third-order valence-electron chi connectivity index (χ3n) is 3.51. The molecule has 1 amide bonds. The summed E-state index contributed by atoms with van der Waals surface area (Å²) in [5, 5.41) is 6.60. The van der Waals surface area contributed by atoms with Crippen molar-refractivity contribution in [2.24, 2.45) is 5.92 Å². The molecule has 0 aliphatic carbocycles. The lowest BCUT2D eigenvalue weighted by Crippen LogP contribution is -2.37. The van der Waals surface area contributed by atoms with Crippen molar-refractivity contribution in [2.75, 3.05) is 18.6 Å². The standard InChI is InChI=1S/C14H16F3N3O2/c1-8(2)12-9(6-7-22-12)13(21)20(3)11-5-4-10(18-19-11)14(15,16)17/h4-5,9,12H,1,6-7H2,2-3H3/t9-,12-/m1/s1. The molecule has 0 N–H and O–H groups in total. The number of carbonyl (C=O) groups excluding carboxylic acids is 1. The van der Waals surface area contributed by atoms with Gasteiger partial charge in [-0.2, -0.15) is 13.2 Å². The molecule has 2 rings (SSSR count). The number of amides is 1. The normalized spacial score (nSPS) is 21.7.